The van der Waals surface area contributed by atoms with Crippen LogP contribution in [0, 0.1) is 0 Å². The van der Waals surface area contributed by atoms with Crippen LogP contribution in [0.2, 0.25) is 36.3 Å². The SMILES string of the molecule is CC(C)(C)[SiH2]O[Si](C)(C)c1ccc(C=Cc2ccccc2)cc1[Si](C)(C)O[SiH2]C(C)(C)C. The van der Waals surface area contributed by atoms with Gasteiger partial charge in [-0.3, -0.25) is 0 Å². The smallest absolute Gasteiger partial charge is 0.205 e. The normalized spacial score (nSPS) is 14.4. The molecule has 2 rings (SSSR count). The first-order valence-corrected chi connectivity index (χ1v) is 20.1. The third-order valence-corrected chi connectivity index (χ3v) is 17.7. The monoisotopic (exact) mass is 500 g/mol. The molecule has 0 aromatic heterocycles. The second kappa shape index (κ2) is 10.5. The van der Waals surface area contributed by atoms with Crippen molar-refractivity contribution >= 4 is 58.7 Å². The van der Waals surface area contributed by atoms with E-state index in [4.69, 9.17) is 8.23 Å². The topological polar surface area (TPSA) is 18.5 Å². The Morgan fingerprint density at radius 3 is 1.59 bits per heavy atom. The Bertz CT molecular complexity index is 908. The van der Waals surface area contributed by atoms with E-state index in [1.54, 1.807) is 0 Å². The zero-order valence-corrected chi connectivity index (χ0v) is 26.8. The fraction of sp³-hybridized carbons (Fsp3) is 0.462. The summed E-state index contributed by atoms with van der Waals surface area (Å²) >= 11 is 0. The van der Waals surface area contributed by atoms with Gasteiger partial charge in [0.25, 0.3) is 0 Å². The zero-order valence-electron chi connectivity index (χ0n) is 22.0. The van der Waals surface area contributed by atoms with E-state index in [-0.39, 0.29) is 5.04 Å². The molecule has 0 unspecified atom stereocenters. The van der Waals surface area contributed by atoms with Gasteiger partial charge in [0.1, 0.15) is 0 Å². The number of hydrogen-bond donors (Lipinski definition) is 0. The van der Waals surface area contributed by atoms with Crippen LogP contribution in [0.25, 0.3) is 12.2 Å². The molecule has 0 saturated heterocycles. The maximum Gasteiger partial charge on any atom is 0.205 e. The largest absolute Gasteiger partial charge is 0.457 e. The highest BCUT2D eigenvalue weighted by atomic mass is 28.4. The molecular formula is C26H44O2Si4. The van der Waals surface area contributed by atoms with Gasteiger partial charge in [-0.2, -0.15) is 0 Å². The molecule has 0 bridgehead atoms. The molecule has 0 amide bonds. The van der Waals surface area contributed by atoms with Crippen LogP contribution >= 0.6 is 0 Å². The Morgan fingerprint density at radius 2 is 1.09 bits per heavy atom. The Balaban J connectivity index is 2.46. The summed E-state index contributed by atoms with van der Waals surface area (Å²) in [5, 5.41) is 3.46. The van der Waals surface area contributed by atoms with Crippen molar-refractivity contribution in [3.63, 3.8) is 0 Å². The van der Waals surface area contributed by atoms with Gasteiger partial charge in [0, 0.05) is 0 Å². The minimum Gasteiger partial charge on any atom is -0.457 e. The van der Waals surface area contributed by atoms with Crippen LogP contribution in [0.4, 0.5) is 0 Å². The predicted molar refractivity (Wildman–Crippen MR) is 155 cm³/mol. The number of rotatable bonds is 8. The van der Waals surface area contributed by atoms with Gasteiger partial charge in [-0.05, 0) is 57.8 Å². The third-order valence-electron chi connectivity index (χ3n) is 5.34. The van der Waals surface area contributed by atoms with Gasteiger partial charge in [-0.15, -0.1) is 0 Å². The van der Waals surface area contributed by atoms with Crippen molar-refractivity contribution < 1.29 is 8.23 Å². The summed E-state index contributed by atoms with van der Waals surface area (Å²) in [6, 6.07) is 17.5. The summed E-state index contributed by atoms with van der Waals surface area (Å²) in [5.41, 5.74) is 2.47. The first-order valence-electron chi connectivity index (χ1n) is 11.8. The lowest BCUT2D eigenvalue weighted by Crippen LogP contribution is -2.62. The highest BCUT2D eigenvalue weighted by Crippen LogP contribution is 2.24. The van der Waals surface area contributed by atoms with Crippen molar-refractivity contribution in [2.75, 3.05) is 0 Å². The first-order chi connectivity index (χ1) is 14.6. The van der Waals surface area contributed by atoms with E-state index in [1.165, 1.54) is 21.5 Å². The van der Waals surface area contributed by atoms with Crippen molar-refractivity contribution in [2.24, 2.45) is 0 Å². The van der Waals surface area contributed by atoms with E-state index in [9.17, 15) is 0 Å². The Kier molecular flexibility index (Phi) is 8.92. The summed E-state index contributed by atoms with van der Waals surface area (Å²) in [5.74, 6) is 0. The lowest BCUT2D eigenvalue weighted by molar-refractivity contribution is 0.547. The fourth-order valence-corrected chi connectivity index (χ4v) is 15.2. The van der Waals surface area contributed by atoms with Crippen LogP contribution in [0.1, 0.15) is 52.7 Å². The molecule has 0 radical (unpaired) electrons. The lowest BCUT2D eigenvalue weighted by atomic mass is 10.1. The van der Waals surface area contributed by atoms with Crippen LogP contribution < -0.4 is 10.4 Å². The predicted octanol–water partition coefficient (Wildman–Crippen LogP) is 5.32. The van der Waals surface area contributed by atoms with Gasteiger partial charge in [0.15, 0.2) is 19.5 Å². The molecule has 2 aromatic carbocycles. The first kappa shape index (κ1) is 27.2. The van der Waals surface area contributed by atoms with Crippen LogP contribution in [0.3, 0.4) is 0 Å². The third kappa shape index (κ3) is 8.72. The molecule has 0 saturated carbocycles. The van der Waals surface area contributed by atoms with Crippen molar-refractivity contribution in [2.45, 2.75) is 77.8 Å². The fourth-order valence-electron chi connectivity index (χ4n) is 3.39. The summed E-state index contributed by atoms with van der Waals surface area (Å²) in [7, 11) is -5.33. The lowest BCUT2D eigenvalue weighted by Gasteiger charge is -2.35. The molecule has 2 nitrogen and oxygen atoms in total. The summed E-state index contributed by atoms with van der Waals surface area (Å²) in [4.78, 5) is 0. The second-order valence-electron chi connectivity index (χ2n) is 12.3. The van der Waals surface area contributed by atoms with E-state index in [2.05, 4.69) is 128 Å². The maximum absolute atomic E-state index is 6.81. The minimum absolute atomic E-state index is 0.290. The Hall–Kier alpha value is -1.03. The van der Waals surface area contributed by atoms with Gasteiger partial charge in [-0.25, -0.2) is 0 Å². The number of hydrogen-bond acceptors (Lipinski definition) is 2. The standard InChI is InChI=1S/C26H44O2Si4/c1-25(2,3)29-27-31(7,8)23-19-18-22(17-16-21-14-12-11-13-15-21)20-24(23)32(9,10)28-30-26(4,5)6/h11-20H,29-30H2,1-10H3. The zero-order chi connectivity index (χ0) is 24.2. The molecule has 32 heavy (non-hydrogen) atoms. The molecule has 176 valence electrons. The van der Waals surface area contributed by atoms with Gasteiger partial charge < -0.3 is 8.23 Å². The van der Waals surface area contributed by atoms with Crippen LogP contribution in [0.5, 0.6) is 0 Å². The van der Waals surface area contributed by atoms with E-state index in [0.29, 0.717) is 5.04 Å². The van der Waals surface area contributed by atoms with Crippen LogP contribution in [-0.4, -0.2) is 36.2 Å². The van der Waals surface area contributed by atoms with Gasteiger partial charge in [-0.1, -0.05) is 102 Å². The van der Waals surface area contributed by atoms with Gasteiger partial charge in [0.2, 0.25) is 16.6 Å². The second-order valence-corrected chi connectivity index (χ2v) is 26.5. The molecule has 0 atom stereocenters. The van der Waals surface area contributed by atoms with Crippen LogP contribution in [0.15, 0.2) is 48.5 Å². The van der Waals surface area contributed by atoms with Gasteiger partial charge >= 0.3 is 0 Å². The van der Waals surface area contributed by atoms with Crippen LogP contribution in [-0.2, 0) is 8.23 Å². The minimum atomic E-state index is -2.06. The van der Waals surface area contributed by atoms with Crippen molar-refractivity contribution in [1.29, 1.82) is 0 Å². The van der Waals surface area contributed by atoms with E-state index >= 15 is 0 Å². The molecule has 0 fully saturated rings. The molecule has 0 aliphatic carbocycles. The summed E-state index contributed by atoms with van der Waals surface area (Å²) in [6.07, 6.45) is 4.43. The van der Waals surface area contributed by atoms with E-state index in [1.807, 2.05) is 0 Å². The average molecular weight is 501 g/mol. The maximum atomic E-state index is 6.81. The highest BCUT2D eigenvalue weighted by molar-refractivity contribution is 6.96. The Morgan fingerprint density at radius 1 is 0.625 bits per heavy atom. The molecule has 0 spiro atoms. The molecule has 0 N–H and O–H groups in total. The molecule has 2 aromatic rings. The highest BCUT2D eigenvalue weighted by Gasteiger charge is 2.37. The van der Waals surface area contributed by atoms with Crippen molar-refractivity contribution in [3.05, 3.63) is 59.7 Å². The molecular weight excluding hydrogens is 457 g/mol. The summed E-state index contributed by atoms with van der Waals surface area (Å²) in [6.45, 7) is 23.3. The molecule has 6 heteroatoms. The molecule has 0 aliphatic heterocycles. The molecule has 0 aliphatic rings. The van der Waals surface area contributed by atoms with Crippen molar-refractivity contribution in [3.8, 4) is 0 Å². The average Bonchev–Trinajstić information content (AvgIpc) is 2.69. The number of benzene rings is 2. The molecule has 0 heterocycles. The summed E-state index contributed by atoms with van der Waals surface area (Å²) < 4.78 is 13.6. The van der Waals surface area contributed by atoms with Crippen molar-refractivity contribution in [1.82, 2.24) is 0 Å². The van der Waals surface area contributed by atoms with E-state index in [0.717, 1.165) is 0 Å². The van der Waals surface area contributed by atoms with E-state index < -0.39 is 36.2 Å². The quantitative estimate of drug-likeness (QED) is 0.361. The van der Waals surface area contributed by atoms with Gasteiger partial charge in [0.05, 0.1) is 0 Å². The Labute approximate surface area is 204 Å².